The molecular formula is C19H20FN6O2+. The zero-order valence-electron chi connectivity index (χ0n) is 15.6. The first-order chi connectivity index (χ1) is 13.5. The number of azo groups is 2. The number of anilines is 1. The summed E-state index contributed by atoms with van der Waals surface area (Å²) in [6.07, 6.45) is 5.91. The van der Waals surface area contributed by atoms with Crippen LogP contribution in [0.4, 0.5) is 14.9 Å². The Morgan fingerprint density at radius 3 is 2.96 bits per heavy atom. The molecule has 3 aliphatic rings. The number of carbonyl (C=O) groups is 1. The van der Waals surface area contributed by atoms with Gasteiger partial charge in [0.25, 0.3) is 0 Å². The van der Waals surface area contributed by atoms with Crippen LogP contribution in [0.2, 0.25) is 0 Å². The van der Waals surface area contributed by atoms with E-state index in [2.05, 4.69) is 20.4 Å². The summed E-state index contributed by atoms with van der Waals surface area (Å²) in [6, 6.07) is 4.00. The number of carbonyl (C=O) groups excluding carboxylic acids is 1. The van der Waals surface area contributed by atoms with Gasteiger partial charge in [0.05, 0.1) is 24.5 Å². The van der Waals surface area contributed by atoms with Crippen molar-refractivity contribution in [3.8, 4) is 0 Å². The maximum Gasteiger partial charge on any atom is 0.377 e. The molecule has 1 aromatic carbocycles. The van der Waals surface area contributed by atoms with E-state index >= 15 is 0 Å². The highest BCUT2D eigenvalue weighted by Crippen LogP contribution is 2.23. The third-order valence-corrected chi connectivity index (χ3v) is 4.48. The van der Waals surface area contributed by atoms with Gasteiger partial charge in [0.15, 0.2) is 0 Å². The molecule has 0 fully saturated rings. The third-order valence-electron chi connectivity index (χ3n) is 4.48. The Morgan fingerprint density at radius 2 is 2.21 bits per heavy atom. The van der Waals surface area contributed by atoms with Crippen molar-refractivity contribution >= 4 is 23.3 Å². The van der Waals surface area contributed by atoms with Crippen LogP contribution in [0.5, 0.6) is 0 Å². The normalized spacial score (nSPS) is 20.6. The summed E-state index contributed by atoms with van der Waals surface area (Å²) in [5, 5.41) is 7.05. The lowest BCUT2D eigenvalue weighted by Gasteiger charge is -2.14. The van der Waals surface area contributed by atoms with Crippen molar-refractivity contribution < 1.29 is 18.6 Å². The van der Waals surface area contributed by atoms with Crippen LogP contribution in [0.3, 0.4) is 0 Å². The second-order valence-corrected chi connectivity index (χ2v) is 6.68. The van der Waals surface area contributed by atoms with Gasteiger partial charge in [-0.2, -0.15) is 9.98 Å². The van der Waals surface area contributed by atoms with Crippen LogP contribution in [0, 0.1) is 5.82 Å². The van der Waals surface area contributed by atoms with Crippen LogP contribution in [0.1, 0.15) is 12.0 Å². The first kappa shape index (κ1) is 18.2. The monoisotopic (exact) mass is 383 g/mol. The number of ether oxygens (including phenoxy) is 1. The Bertz CT molecular complexity index is 977. The third kappa shape index (κ3) is 3.61. The fraction of sp³-hybridized carbons (Fsp3) is 0.316. The molecule has 3 heterocycles. The van der Waals surface area contributed by atoms with Gasteiger partial charge in [0, 0.05) is 31.0 Å². The van der Waals surface area contributed by atoms with Crippen LogP contribution in [0.15, 0.2) is 57.2 Å². The van der Waals surface area contributed by atoms with E-state index < -0.39 is 12.1 Å². The number of benzene rings is 1. The zero-order valence-corrected chi connectivity index (χ0v) is 15.6. The maximum atomic E-state index is 14.4. The van der Waals surface area contributed by atoms with Crippen LogP contribution >= 0.6 is 0 Å². The van der Waals surface area contributed by atoms with E-state index in [1.54, 1.807) is 25.0 Å². The van der Waals surface area contributed by atoms with Gasteiger partial charge < -0.3 is 15.0 Å². The first-order valence-electron chi connectivity index (χ1n) is 8.90. The summed E-state index contributed by atoms with van der Waals surface area (Å²) in [5.41, 5.74) is 2.63. The number of rotatable bonds is 3. The van der Waals surface area contributed by atoms with Crippen molar-refractivity contribution in [3.05, 3.63) is 53.5 Å². The van der Waals surface area contributed by atoms with E-state index in [0.717, 1.165) is 17.7 Å². The number of hydrogen-bond donors (Lipinski definition) is 1. The molecule has 1 atom stereocenters. The standard InChI is InChI=1S/C19H19FN6O2/c1-25(2)19(27)21-13-3-4-15(20)14(11-13)17-23-18-22-16(5-8-26(18)24-17)12-6-9-28-10-7-12/h3-6,8,11,18H,7,9-10H2,1-2H3/p+1. The van der Waals surface area contributed by atoms with E-state index in [9.17, 15) is 9.18 Å². The van der Waals surface area contributed by atoms with Gasteiger partial charge in [-0.25, -0.2) is 9.18 Å². The van der Waals surface area contributed by atoms with Crippen molar-refractivity contribution in [2.45, 2.75) is 12.7 Å². The molecule has 8 nitrogen and oxygen atoms in total. The molecular weight excluding hydrogens is 363 g/mol. The Balaban J connectivity index is 1.60. The lowest BCUT2D eigenvalue weighted by Crippen LogP contribution is -2.27. The molecule has 28 heavy (non-hydrogen) atoms. The Kier molecular flexibility index (Phi) is 4.82. The van der Waals surface area contributed by atoms with E-state index in [0.29, 0.717) is 18.9 Å². The van der Waals surface area contributed by atoms with Crippen LogP contribution < -0.4 is 5.32 Å². The summed E-state index contributed by atoms with van der Waals surface area (Å²) < 4.78 is 21.3. The Labute approximate surface area is 161 Å². The number of halogens is 1. The molecule has 0 saturated heterocycles. The van der Waals surface area contributed by atoms with Crippen LogP contribution in [-0.2, 0) is 4.74 Å². The van der Waals surface area contributed by atoms with Crippen molar-refractivity contribution in [2.24, 2.45) is 15.1 Å². The minimum atomic E-state index is -0.557. The molecule has 3 aliphatic heterocycles. The topological polar surface area (TPSA) is 81.7 Å². The molecule has 0 aliphatic carbocycles. The lowest BCUT2D eigenvalue weighted by molar-refractivity contribution is -0.551. The van der Waals surface area contributed by atoms with Gasteiger partial charge in [-0.1, -0.05) is 6.08 Å². The average Bonchev–Trinajstić information content (AvgIpc) is 3.13. The molecule has 0 spiro atoms. The number of nitrogens with one attached hydrogen (secondary N) is 1. The quantitative estimate of drug-likeness (QED) is 0.815. The first-order valence-corrected chi connectivity index (χ1v) is 8.90. The molecule has 0 bridgehead atoms. The largest absolute Gasteiger partial charge is 0.377 e. The molecule has 0 saturated carbocycles. The van der Waals surface area contributed by atoms with Gasteiger partial charge in [-0.05, 0) is 34.9 Å². The van der Waals surface area contributed by atoms with E-state index in [1.165, 1.54) is 23.1 Å². The predicted molar refractivity (Wildman–Crippen MR) is 102 cm³/mol. The van der Waals surface area contributed by atoms with E-state index in [4.69, 9.17) is 4.74 Å². The number of fused-ring (bicyclic) bond motifs is 1. The summed E-state index contributed by atoms with van der Waals surface area (Å²) >= 11 is 0. The smallest absolute Gasteiger partial charge is 0.377 e. The van der Waals surface area contributed by atoms with Crippen molar-refractivity contribution in [1.29, 1.82) is 0 Å². The molecule has 0 radical (unpaired) electrons. The summed E-state index contributed by atoms with van der Waals surface area (Å²) in [7, 11) is 3.26. The minimum absolute atomic E-state index is 0.210. The van der Waals surface area contributed by atoms with E-state index in [1.807, 2.05) is 12.2 Å². The maximum absolute atomic E-state index is 14.4. The summed E-state index contributed by atoms with van der Waals surface area (Å²) in [4.78, 5) is 22.3. The van der Waals surface area contributed by atoms with Crippen LogP contribution in [-0.4, -0.2) is 60.8 Å². The van der Waals surface area contributed by atoms with Crippen molar-refractivity contribution in [1.82, 2.24) is 4.90 Å². The predicted octanol–water partition coefficient (Wildman–Crippen LogP) is 2.74. The second kappa shape index (κ2) is 7.43. The number of urea groups is 1. The van der Waals surface area contributed by atoms with Gasteiger partial charge in [0.2, 0.25) is 12.0 Å². The molecule has 1 aromatic rings. The molecule has 144 valence electrons. The number of amides is 2. The Hall–Kier alpha value is -3.20. The summed E-state index contributed by atoms with van der Waals surface area (Å²) in [6.45, 7) is 1.24. The second-order valence-electron chi connectivity index (χ2n) is 6.68. The summed E-state index contributed by atoms with van der Waals surface area (Å²) in [5.74, 6) is -0.232. The number of allylic oxidation sites excluding steroid dienone is 1. The van der Waals surface area contributed by atoms with Crippen molar-refractivity contribution in [2.75, 3.05) is 32.6 Å². The minimum Gasteiger partial charge on any atom is -0.377 e. The van der Waals surface area contributed by atoms with Gasteiger partial charge >= 0.3 is 12.3 Å². The molecule has 9 heteroatoms. The fourth-order valence-electron chi connectivity index (χ4n) is 2.95. The fourth-order valence-corrected chi connectivity index (χ4v) is 2.95. The molecule has 4 rings (SSSR count). The van der Waals surface area contributed by atoms with Gasteiger partial charge in [0.1, 0.15) is 5.82 Å². The van der Waals surface area contributed by atoms with Gasteiger partial charge in [-0.3, -0.25) is 0 Å². The molecule has 1 N–H and O–H groups in total. The highest BCUT2D eigenvalue weighted by molar-refractivity contribution is 6.09. The highest BCUT2D eigenvalue weighted by atomic mass is 19.1. The van der Waals surface area contributed by atoms with E-state index in [-0.39, 0.29) is 17.4 Å². The SMILES string of the molecule is CN(C)C(=O)Nc1ccc(F)c(C2=NC3N=C(C4=CCOCC4)C=C[N+]3=N2)c1. The number of nitrogens with zero attached hydrogens (tertiary/aromatic N) is 5. The van der Waals surface area contributed by atoms with Crippen LogP contribution in [0.25, 0.3) is 0 Å². The zero-order chi connectivity index (χ0) is 19.7. The number of amidine groups is 1. The number of hydrogen-bond acceptors (Lipinski definition) is 5. The average molecular weight is 383 g/mol. The Morgan fingerprint density at radius 1 is 1.36 bits per heavy atom. The molecule has 0 aromatic heterocycles. The molecule has 2 amide bonds. The highest BCUT2D eigenvalue weighted by Gasteiger charge is 2.33. The molecule has 1 unspecified atom stereocenters. The lowest BCUT2D eigenvalue weighted by atomic mass is 10.1. The van der Waals surface area contributed by atoms with Gasteiger partial charge in [-0.15, -0.1) is 0 Å². The number of aliphatic imine (C=N–C) groups is 2. The van der Waals surface area contributed by atoms with Crippen molar-refractivity contribution in [3.63, 3.8) is 0 Å².